The van der Waals surface area contributed by atoms with Gasteiger partial charge >= 0.3 is 5.97 Å². The minimum atomic E-state index is -1.01. The number of carboxylic acid groups (broad SMARTS) is 1. The summed E-state index contributed by atoms with van der Waals surface area (Å²) in [4.78, 5) is 12.2. The largest absolute Gasteiger partial charge is 0.481 e. The van der Waals surface area contributed by atoms with E-state index in [2.05, 4.69) is 0 Å². The molecule has 1 N–H and O–H groups in total. The molecule has 0 fully saturated rings. The van der Waals surface area contributed by atoms with Crippen LogP contribution >= 0.6 is 46.4 Å². The summed E-state index contributed by atoms with van der Waals surface area (Å²) in [5.74, 6) is -1.93. The van der Waals surface area contributed by atoms with Crippen molar-refractivity contribution in [3.05, 3.63) is 104 Å². The van der Waals surface area contributed by atoms with Gasteiger partial charge in [-0.3, -0.25) is 4.79 Å². The van der Waals surface area contributed by atoms with Crippen molar-refractivity contribution >= 4 is 52.4 Å². The molecule has 4 rings (SSSR count). The summed E-state index contributed by atoms with van der Waals surface area (Å²) in [6.45, 7) is 2.01. The first-order valence-corrected chi connectivity index (χ1v) is 11.5. The van der Waals surface area contributed by atoms with Crippen LogP contribution in [0.3, 0.4) is 0 Å². The molecule has 3 aromatic carbocycles. The Bertz CT molecular complexity index is 1330. The lowest BCUT2D eigenvalue weighted by Crippen LogP contribution is -2.15. The Morgan fingerprint density at radius 3 is 2.33 bits per heavy atom. The molecular formula is C25H18Cl4N2O2. The number of carbonyl (C=O) groups is 1. The molecule has 4 nitrogen and oxygen atoms in total. The number of aromatic nitrogens is 2. The molecule has 1 atom stereocenters. The molecule has 33 heavy (non-hydrogen) atoms. The number of nitrogens with zero attached hydrogens (tertiary/aromatic N) is 2. The molecule has 8 heteroatoms. The summed E-state index contributed by atoms with van der Waals surface area (Å²) in [5.41, 5.74) is 4.58. The number of hydrogen-bond acceptors (Lipinski definition) is 2. The van der Waals surface area contributed by atoms with Crippen LogP contribution in [0.4, 0.5) is 0 Å². The Kier molecular flexibility index (Phi) is 7.01. The predicted octanol–water partition coefficient (Wildman–Crippen LogP) is 7.87. The van der Waals surface area contributed by atoms with E-state index >= 15 is 0 Å². The van der Waals surface area contributed by atoms with E-state index in [-0.39, 0.29) is 11.4 Å². The van der Waals surface area contributed by atoms with Crippen LogP contribution in [0.25, 0.3) is 16.9 Å². The van der Waals surface area contributed by atoms with Gasteiger partial charge < -0.3 is 5.11 Å². The molecule has 0 spiro atoms. The topological polar surface area (TPSA) is 55.1 Å². The first-order chi connectivity index (χ1) is 15.7. The van der Waals surface area contributed by atoms with Gasteiger partial charge in [0.1, 0.15) is 0 Å². The van der Waals surface area contributed by atoms with Crippen molar-refractivity contribution in [2.75, 3.05) is 0 Å². The van der Waals surface area contributed by atoms with E-state index in [0.717, 1.165) is 16.8 Å². The normalized spacial score (nSPS) is 12.0. The molecule has 0 aliphatic heterocycles. The molecule has 0 saturated heterocycles. The van der Waals surface area contributed by atoms with Crippen molar-refractivity contribution in [2.24, 2.45) is 0 Å². The van der Waals surface area contributed by atoms with Gasteiger partial charge in [0.15, 0.2) is 0 Å². The number of hydrogen-bond donors (Lipinski definition) is 1. The minimum absolute atomic E-state index is 0.128. The van der Waals surface area contributed by atoms with Gasteiger partial charge in [-0.05, 0) is 42.8 Å². The maximum absolute atomic E-state index is 12.2. The molecular weight excluding hydrogens is 502 g/mol. The fourth-order valence-electron chi connectivity index (χ4n) is 3.60. The second-order valence-corrected chi connectivity index (χ2v) is 9.23. The van der Waals surface area contributed by atoms with E-state index in [1.807, 2.05) is 43.3 Å². The fraction of sp³-hybridized carbons (Fsp3) is 0.120. The molecule has 0 saturated carbocycles. The molecule has 0 aliphatic carbocycles. The van der Waals surface area contributed by atoms with E-state index in [1.165, 1.54) is 0 Å². The highest BCUT2D eigenvalue weighted by molar-refractivity contribution is 6.42. The third-order valence-corrected chi connectivity index (χ3v) is 6.90. The summed E-state index contributed by atoms with van der Waals surface area (Å²) in [6.07, 6.45) is 0.128. The highest BCUT2D eigenvalue weighted by Crippen LogP contribution is 2.34. The molecule has 1 aromatic heterocycles. The predicted molar refractivity (Wildman–Crippen MR) is 134 cm³/mol. The number of carboxylic acids is 1. The quantitative estimate of drug-likeness (QED) is 0.282. The maximum atomic E-state index is 12.2. The van der Waals surface area contributed by atoms with Crippen molar-refractivity contribution in [1.82, 2.24) is 9.78 Å². The molecule has 168 valence electrons. The summed E-state index contributed by atoms with van der Waals surface area (Å²) < 4.78 is 1.74. The standard InChI is InChI=1S/C25H18Cl4N2O2/c1-14-5-7-15(8-6-14)23-12-16(30-31(23)17-9-10-20(26)22(28)13-17)11-19(25(32)33)18-3-2-4-21(27)24(18)29/h2-10,12-13,19H,11H2,1H3,(H,32,33). The van der Waals surface area contributed by atoms with Gasteiger partial charge in [-0.2, -0.15) is 5.10 Å². The van der Waals surface area contributed by atoms with Crippen molar-refractivity contribution in [2.45, 2.75) is 19.3 Å². The minimum Gasteiger partial charge on any atom is -0.481 e. The van der Waals surface area contributed by atoms with Crippen LogP contribution in [0.5, 0.6) is 0 Å². The lowest BCUT2D eigenvalue weighted by atomic mass is 9.94. The molecule has 0 aliphatic rings. The Hall–Kier alpha value is -2.50. The average molecular weight is 520 g/mol. The molecule has 1 heterocycles. The van der Waals surface area contributed by atoms with Crippen molar-refractivity contribution in [1.29, 1.82) is 0 Å². The number of aliphatic carboxylic acids is 1. The van der Waals surface area contributed by atoms with Gasteiger partial charge in [-0.15, -0.1) is 0 Å². The van der Waals surface area contributed by atoms with Crippen molar-refractivity contribution in [3.8, 4) is 16.9 Å². The number of halogens is 4. The molecule has 0 bridgehead atoms. The fourth-order valence-corrected chi connectivity index (χ4v) is 4.33. The van der Waals surface area contributed by atoms with Gasteiger partial charge in [-0.25, -0.2) is 4.68 Å². The van der Waals surface area contributed by atoms with E-state index in [1.54, 1.807) is 35.0 Å². The zero-order valence-electron chi connectivity index (χ0n) is 17.4. The summed E-state index contributed by atoms with van der Waals surface area (Å²) in [7, 11) is 0. The maximum Gasteiger partial charge on any atom is 0.311 e. The third-order valence-electron chi connectivity index (χ3n) is 5.32. The van der Waals surface area contributed by atoms with Gasteiger partial charge in [-0.1, -0.05) is 88.4 Å². The second-order valence-electron chi connectivity index (χ2n) is 7.64. The van der Waals surface area contributed by atoms with Crippen molar-refractivity contribution < 1.29 is 9.90 Å². The van der Waals surface area contributed by atoms with Crippen LogP contribution in [0.2, 0.25) is 20.1 Å². The Morgan fingerprint density at radius 2 is 1.67 bits per heavy atom. The first kappa shape index (κ1) is 23.7. The van der Waals surface area contributed by atoms with Crippen LogP contribution in [0.1, 0.15) is 22.7 Å². The van der Waals surface area contributed by atoms with Gasteiger partial charge in [0.05, 0.1) is 43.1 Å². The van der Waals surface area contributed by atoms with Crippen LogP contribution in [0.15, 0.2) is 66.7 Å². The monoisotopic (exact) mass is 518 g/mol. The van der Waals surface area contributed by atoms with E-state index in [0.29, 0.717) is 32.0 Å². The van der Waals surface area contributed by atoms with Crippen LogP contribution in [-0.2, 0) is 11.2 Å². The lowest BCUT2D eigenvalue weighted by molar-refractivity contribution is -0.138. The van der Waals surface area contributed by atoms with E-state index < -0.39 is 11.9 Å². The molecule has 0 radical (unpaired) electrons. The Labute approximate surface area is 211 Å². The summed E-state index contributed by atoms with van der Waals surface area (Å²) >= 11 is 24.8. The lowest BCUT2D eigenvalue weighted by Gasteiger charge is -2.14. The summed E-state index contributed by atoms with van der Waals surface area (Å²) in [6, 6.07) is 20.1. The SMILES string of the molecule is Cc1ccc(-c2cc(CC(C(=O)O)c3cccc(Cl)c3Cl)nn2-c2ccc(Cl)c(Cl)c2)cc1. The first-order valence-electron chi connectivity index (χ1n) is 10.0. The molecule has 4 aromatic rings. The van der Waals surface area contributed by atoms with Gasteiger partial charge in [0.2, 0.25) is 0 Å². The second kappa shape index (κ2) is 9.78. The van der Waals surface area contributed by atoms with Crippen LogP contribution < -0.4 is 0 Å². The van der Waals surface area contributed by atoms with Gasteiger partial charge in [0, 0.05) is 12.0 Å². The third kappa shape index (κ3) is 5.04. The van der Waals surface area contributed by atoms with E-state index in [4.69, 9.17) is 51.5 Å². The van der Waals surface area contributed by atoms with E-state index in [9.17, 15) is 9.90 Å². The zero-order valence-corrected chi connectivity index (χ0v) is 20.4. The Balaban J connectivity index is 1.81. The highest BCUT2D eigenvalue weighted by atomic mass is 35.5. The summed E-state index contributed by atoms with van der Waals surface area (Å²) in [5, 5.41) is 16.0. The molecule has 1 unspecified atom stereocenters. The number of benzene rings is 3. The number of rotatable bonds is 6. The zero-order chi connectivity index (χ0) is 23.7. The average Bonchev–Trinajstić information content (AvgIpc) is 3.20. The van der Waals surface area contributed by atoms with Crippen LogP contribution in [0, 0.1) is 6.92 Å². The molecule has 0 amide bonds. The van der Waals surface area contributed by atoms with Gasteiger partial charge in [0.25, 0.3) is 0 Å². The highest BCUT2D eigenvalue weighted by Gasteiger charge is 2.26. The number of aryl methyl sites for hydroxylation is 1. The Morgan fingerprint density at radius 1 is 0.939 bits per heavy atom. The smallest absolute Gasteiger partial charge is 0.311 e. The van der Waals surface area contributed by atoms with Crippen molar-refractivity contribution in [3.63, 3.8) is 0 Å². The van der Waals surface area contributed by atoms with Crippen LogP contribution in [-0.4, -0.2) is 20.9 Å².